The number of rotatable bonds is 11. The Morgan fingerprint density at radius 3 is 1.75 bits per heavy atom. The molecular formula is C22H29B4N7O7. The molecule has 40 heavy (non-hydrogen) atoms. The van der Waals surface area contributed by atoms with Crippen LogP contribution in [0.4, 0.5) is 11.9 Å². The van der Waals surface area contributed by atoms with E-state index in [9.17, 15) is 9.59 Å². The number of aldehydes is 1. The van der Waals surface area contributed by atoms with E-state index < -0.39 is 0 Å². The molecular weight excluding hydrogens is 518 g/mol. The summed E-state index contributed by atoms with van der Waals surface area (Å²) < 4.78 is 30.0. The zero-order chi connectivity index (χ0) is 27.5. The van der Waals surface area contributed by atoms with Crippen molar-refractivity contribution in [1.29, 1.82) is 0 Å². The highest BCUT2D eigenvalue weighted by atomic mass is 16.6. The first-order valence-electron chi connectivity index (χ1n) is 13.6. The van der Waals surface area contributed by atoms with Crippen molar-refractivity contribution in [2.45, 2.75) is 26.3 Å². The van der Waals surface area contributed by atoms with Crippen LogP contribution >= 0.6 is 0 Å². The Labute approximate surface area is 233 Å². The van der Waals surface area contributed by atoms with Gasteiger partial charge in [0, 0.05) is 36.9 Å². The predicted molar refractivity (Wildman–Crippen MR) is 146 cm³/mol. The van der Waals surface area contributed by atoms with Gasteiger partial charge in [-0.2, -0.15) is 0 Å². The minimum Gasteiger partial charge on any atom is -0.466 e. The molecule has 0 unspecified atom stereocenters. The molecule has 0 aromatic carbocycles. The van der Waals surface area contributed by atoms with Crippen LogP contribution in [0.3, 0.4) is 0 Å². The number of hydrogen-bond donors (Lipinski definition) is 0. The van der Waals surface area contributed by atoms with Crippen LogP contribution in [0.25, 0.3) is 0 Å². The number of ether oxygens (including phenoxy) is 1. The second-order valence-electron chi connectivity index (χ2n) is 10.1. The van der Waals surface area contributed by atoms with E-state index in [-0.39, 0.29) is 40.1 Å². The monoisotopic (exact) mass is 547 g/mol. The van der Waals surface area contributed by atoms with Crippen molar-refractivity contribution in [2.75, 3.05) is 55.2 Å². The summed E-state index contributed by atoms with van der Waals surface area (Å²) in [7, 11) is 0.166. The molecule has 0 N–H and O–H groups in total. The number of nitrogens with zero attached hydrogens (tertiary/aromatic N) is 7. The van der Waals surface area contributed by atoms with Crippen LogP contribution in [-0.2, 0) is 34.7 Å². The van der Waals surface area contributed by atoms with Gasteiger partial charge >= 0.3 is 34.2 Å². The maximum Gasteiger partial charge on any atom is 0.432 e. The summed E-state index contributed by atoms with van der Waals surface area (Å²) >= 11 is 0. The molecule has 0 radical (unpaired) electrons. The van der Waals surface area contributed by atoms with Crippen LogP contribution in [-0.4, -0.2) is 111 Å². The first-order chi connectivity index (χ1) is 19.6. The molecule has 5 aliphatic heterocycles. The van der Waals surface area contributed by atoms with E-state index in [2.05, 4.69) is 24.8 Å². The summed E-state index contributed by atoms with van der Waals surface area (Å²) in [6, 6.07) is 0. The van der Waals surface area contributed by atoms with Crippen LogP contribution in [0.2, 0.25) is 0 Å². The number of carbonyl (C=O) groups excluding carboxylic acids is 2. The molecule has 0 bridgehead atoms. The van der Waals surface area contributed by atoms with E-state index in [1.165, 1.54) is 12.4 Å². The van der Waals surface area contributed by atoms with Crippen molar-refractivity contribution in [3.63, 3.8) is 0 Å². The Hall–Kier alpha value is -3.04. The third-order valence-electron chi connectivity index (χ3n) is 7.07. The quantitative estimate of drug-likeness (QED) is 0.152. The molecule has 0 spiro atoms. The number of anilines is 2. The van der Waals surface area contributed by atoms with E-state index in [0.29, 0.717) is 50.1 Å². The highest BCUT2D eigenvalue weighted by Crippen LogP contribution is 2.25. The van der Waals surface area contributed by atoms with Crippen molar-refractivity contribution in [1.82, 2.24) is 24.8 Å². The Bertz CT molecular complexity index is 1140. The van der Waals surface area contributed by atoms with E-state index in [4.69, 9.17) is 23.4 Å². The SMILES string of the molecule is CCOC(=O)C1CCN(Cc2cnc(N(B3CO3)B3CO3)nc2)CC1.O=Cc1cnc(N(B2CO2)B2CO2)nc1. The lowest BCUT2D eigenvalue weighted by Gasteiger charge is -2.30. The third-order valence-corrected chi connectivity index (χ3v) is 7.07. The number of aromatic nitrogens is 4. The van der Waals surface area contributed by atoms with E-state index in [1.54, 1.807) is 0 Å². The van der Waals surface area contributed by atoms with Gasteiger partial charge < -0.3 is 32.8 Å². The van der Waals surface area contributed by atoms with Crippen LogP contribution in [0.1, 0.15) is 35.7 Å². The van der Waals surface area contributed by atoms with Crippen molar-refractivity contribution < 1.29 is 32.9 Å². The van der Waals surface area contributed by atoms with Crippen molar-refractivity contribution in [3.8, 4) is 0 Å². The van der Waals surface area contributed by atoms with E-state index in [1.807, 2.05) is 28.8 Å². The summed E-state index contributed by atoms with van der Waals surface area (Å²) in [4.78, 5) is 41.7. The molecule has 0 amide bonds. The van der Waals surface area contributed by atoms with Gasteiger partial charge in [-0.15, -0.1) is 0 Å². The van der Waals surface area contributed by atoms with Crippen LogP contribution in [0.5, 0.6) is 0 Å². The summed E-state index contributed by atoms with van der Waals surface area (Å²) in [5.74, 6) is 1.19. The largest absolute Gasteiger partial charge is 0.466 e. The average Bonchev–Trinajstić information content (AvgIpc) is 3.78. The fourth-order valence-corrected chi connectivity index (χ4v) is 4.63. The van der Waals surface area contributed by atoms with Gasteiger partial charge in [0.05, 0.1) is 44.1 Å². The van der Waals surface area contributed by atoms with Gasteiger partial charge in [-0.05, 0) is 32.9 Å². The second kappa shape index (κ2) is 12.2. The van der Waals surface area contributed by atoms with Crippen molar-refractivity contribution in [2.24, 2.45) is 5.92 Å². The molecule has 5 saturated heterocycles. The zero-order valence-corrected chi connectivity index (χ0v) is 22.3. The van der Waals surface area contributed by atoms with Crippen molar-refractivity contribution >= 4 is 52.4 Å². The topological polar surface area (TPSA) is 155 Å². The molecule has 0 saturated carbocycles. The lowest BCUT2D eigenvalue weighted by Crippen LogP contribution is -2.38. The van der Waals surface area contributed by atoms with Gasteiger partial charge in [0.15, 0.2) is 6.29 Å². The fraction of sp³-hybridized carbons (Fsp3) is 0.545. The number of esters is 1. The highest BCUT2D eigenvalue weighted by molar-refractivity contribution is 6.84. The van der Waals surface area contributed by atoms with Gasteiger partial charge in [-0.25, -0.2) is 19.9 Å². The second-order valence-corrected chi connectivity index (χ2v) is 10.1. The van der Waals surface area contributed by atoms with Gasteiger partial charge in [-0.1, -0.05) is 0 Å². The molecule has 7 rings (SSSR count). The van der Waals surface area contributed by atoms with Gasteiger partial charge in [0.2, 0.25) is 11.9 Å². The number of hydrogen-bond acceptors (Lipinski definition) is 14. The Morgan fingerprint density at radius 1 is 0.900 bits per heavy atom. The van der Waals surface area contributed by atoms with Gasteiger partial charge in [0.25, 0.3) is 0 Å². The maximum absolute atomic E-state index is 11.8. The number of piperidine rings is 1. The molecule has 14 nitrogen and oxygen atoms in total. The van der Waals surface area contributed by atoms with E-state index in [0.717, 1.165) is 44.3 Å². The number of carbonyl (C=O) groups is 2. The van der Waals surface area contributed by atoms with Gasteiger partial charge in [-0.3, -0.25) is 14.5 Å². The highest BCUT2D eigenvalue weighted by Gasteiger charge is 2.52. The Balaban J connectivity index is 0.000000164. The first-order valence-corrected chi connectivity index (χ1v) is 13.6. The standard InChI is InChI=1S/C15H22B2N4O4.C7H7B2N3O3/c1-2-23-14(22)13-3-5-20(6-4-13)9-12-7-18-15(19-8-12)21(16-10-24-16)17-11-25-17;13-3-6-1-10-7(11-2-6)12(8-4-14-8)9-5-15-9/h7-8,13H,2-6,9-11H2,1H3;1-3H,4-5H2. The molecule has 2 aromatic rings. The summed E-state index contributed by atoms with van der Waals surface area (Å²) in [5, 5.41) is 0. The van der Waals surface area contributed by atoms with Crippen LogP contribution in [0, 0.1) is 5.92 Å². The molecule has 206 valence electrons. The predicted octanol–water partition coefficient (Wildman–Crippen LogP) is -0.616. The average molecular weight is 547 g/mol. The third kappa shape index (κ3) is 6.99. The minimum atomic E-state index is -0.0560. The minimum absolute atomic E-state index is 0.0274. The molecule has 7 heterocycles. The molecule has 5 fully saturated rings. The molecule has 2 aromatic heterocycles. The summed E-state index contributed by atoms with van der Waals surface area (Å²) in [5.41, 5.74) is 1.54. The van der Waals surface area contributed by atoms with Crippen LogP contribution < -0.4 is 9.44 Å². The molecule has 5 aliphatic rings. The summed E-state index contributed by atoms with van der Waals surface area (Å²) in [6.07, 6.45) is 9.15. The van der Waals surface area contributed by atoms with E-state index >= 15 is 0 Å². The molecule has 0 atom stereocenters. The van der Waals surface area contributed by atoms with Gasteiger partial charge in [0.1, 0.15) is 0 Å². The fourth-order valence-electron chi connectivity index (χ4n) is 4.63. The Kier molecular flexibility index (Phi) is 8.30. The van der Waals surface area contributed by atoms with Crippen molar-refractivity contribution in [3.05, 3.63) is 35.9 Å². The lowest BCUT2D eigenvalue weighted by molar-refractivity contribution is -0.149. The zero-order valence-electron chi connectivity index (χ0n) is 22.3. The maximum atomic E-state index is 11.8. The smallest absolute Gasteiger partial charge is 0.432 e. The normalized spacial score (nSPS) is 19.4. The molecule has 18 heteroatoms. The van der Waals surface area contributed by atoms with Crippen LogP contribution in [0.15, 0.2) is 24.8 Å². The Morgan fingerprint density at radius 2 is 1.35 bits per heavy atom. The molecule has 0 aliphatic carbocycles. The number of likely N-dealkylation sites (tertiary alicyclic amines) is 1. The lowest BCUT2D eigenvalue weighted by atomic mass is 9.77. The first kappa shape index (κ1) is 27.1. The summed E-state index contributed by atoms with van der Waals surface area (Å²) in [6.45, 7) is 7.67.